The van der Waals surface area contributed by atoms with Gasteiger partial charge in [-0.05, 0) is 30.4 Å². The molecule has 0 nitrogen and oxygen atoms in total. The molecule has 1 aromatic carbocycles. The van der Waals surface area contributed by atoms with Crippen molar-refractivity contribution in [1.82, 2.24) is 0 Å². The average Bonchev–Trinajstić information content (AvgIpc) is 2.05. The molecule has 0 saturated heterocycles. The minimum absolute atomic E-state index is 0.932. The Morgan fingerprint density at radius 3 is 2.62 bits per heavy atom. The van der Waals surface area contributed by atoms with Gasteiger partial charge in [0.1, 0.15) is 0 Å². The Bertz CT molecular complexity index is 276. The molecule has 0 N–H and O–H groups in total. The number of aryl methyl sites for hydroxylation is 1. The summed E-state index contributed by atoms with van der Waals surface area (Å²) in [4.78, 5) is 0. The van der Waals surface area contributed by atoms with Crippen molar-refractivity contribution in [2.45, 2.75) is 32.1 Å². The fourth-order valence-electron chi connectivity index (χ4n) is 1.84. The van der Waals surface area contributed by atoms with E-state index in [0.717, 1.165) is 17.4 Å². The minimum atomic E-state index is 0.932. The van der Waals surface area contributed by atoms with Crippen molar-refractivity contribution in [1.29, 1.82) is 0 Å². The van der Waals surface area contributed by atoms with Crippen LogP contribution in [0.3, 0.4) is 0 Å². The quantitative estimate of drug-likeness (QED) is 0.681. The minimum Gasteiger partial charge on any atom is -0.0840 e. The third-order valence-electron chi connectivity index (χ3n) is 3.00. The van der Waals surface area contributed by atoms with Gasteiger partial charge < -0.3 is 0 Å². The second-order valence-electron chi connectivity index (χ2n) is 3.93. The summed E-state index contributed by atoms with van der Waals surface area (Å²) in [7, 11) is 0. The first-order chi connectivity index (χ1) is 6.36. The number of halogens is 1. The molecule has 1 aliphatic rings. The molecule has 1 saturated carbocycles. The van der Waals surface area contributed by atoms with Gasteiger partial charge in [0, 0.05) is 5.02 Å². The van der Waals surface area contributed by atoms with E-state index in [-0.39, 0.29) is 0 Å². The van der Waals surface area contributed by atoms with Crippen LogP contribution in [0.25, 0.3) is 0 Å². The second-order valence-corrected chi connectivity index (χ2v) is 4.33. The molecule has 1 aliphatic carbocycles. The van der Waals surface area contributed by atoms with E-state index < -0.39 is 0 Å². The zero-order valence-electron chi connectivity index (χ0n) is 7.80. The summed E-state index contributed by atoms with van der Waals surface area (Å²) in [6, 6.07) is 8.19. The van der Waals surface area contributed by atoms with Gasteiger partial charge in [-0.15, -0.1) is 0 Å². The predicted octanol–water partition coefficient (Wildman–Crippen LogP) is 4.07. The molecular formula is C12H15Cl. The van der Waals surface area contributed by atoms with E-state index in [1.807, 2.05) is 12.1 Å². The lowest BCUT2D eigenvalue weighted by molar-refractivity contribution is 0.296. The van der Waals surface area contributed by atoms with E-state index >= 15 is 0 Å². The first kappa shape index (κ1) is 9.08. The molecule has 1 fully saturated rings. The number of hydrogen-bond acceptors (Lipinski definition) is 0. The summed E-state index contributed by atoms with van der Waals surface area (Å²) in [6.45, 7) is 0. The molecule has 1 aromatic rings. The normalized spacial score (nSPS) is 17.0. The third kappa shape index (κ3) is 2.25. The molecule has 1 heteroatoms. The molecule has 0 heterocycles. The summed E-state index contributed by atoms with van der Waals surface area (Å²) < 4.78 is 0. The Kier molecular flexibility index (Phi) is 2.90. The number of benzene rings is 1. The van der Waals surface area contributed by atoms with Crippen LogP contribution in [0.5, 0.6) is 0 Å². The van der Waals surface area contributed by atoms with E-state index in [4.69, 9.17) is 11.6 Å². The second kappa shape index (κ2) is 4.15. The van der Waals surface area contributed by atoms with Gasteiger partial charge >= 0.3 is 0 Å². The van der Waals surface area contributed by atoms with Crippen molar-refractivity contribution in [2.75, 3.05) is 0 Å². The van der Waals surface area contributed by atoms with Crippen LogP contribution >= 0.6 is 11.6 Å². The number of hydrogen-bond donors (Lipinski definition) is 0. The van der Waals surface area contributed by atoms with E-state index in [1.165, 1.54) is 31.2 Å². The van der Waals surface area contributed by atoms with Crippen LogP contribution < -0.4 is 0 Å². The van der Waals surface area contributed by atoms with E-state index in [9.17, 15) is 0 Å². The molecule has 0 aliphatic heterocycles. The predicted molar refractivity (Wildman–Crippen MR) is 57.1 cm³/mol. The lowest BCUT2D eigenvalue weighted by Gasteiger charge is -2.25. The summed E-state index contributed by atoms with van der Waals surface area (Å²) in [5.74, 6) is 0.983. The molecule has 0 radical (unpaired) electrons. The van der Waals surface area contributed by atoms with Gasteiger partial charge in [0.2, 0.25) is 0 Å². The molecule has 0 atom stereocenters. The van der Waals surface area contributed by atoms with Crippen LogP contribution in [-0.4, -0.2) is 0 Å². The van der Waals surface area contributed by atoms with Crippen molar-refractivity contribution in [2.24, 2.45) is 5.92 Å². The highest BCUT2D eigenvalue weighted by Crippen LogP contribution is 2.31. The van der Waals surface area contributed by atoms with Crippen LogP contribution in [-0.2, 0) is 6.42 Å². The van der Waals surface area contributed by atoms with Crippen molar-refractivity contribution >= 4 is 11.6 Å². The highest BCUT2D eigenvalue weighted by atomic mass is 35.5. The molecule has 0 bridgehead atoms. The number of rotatable bonds is 3. The fourth-order valence-corrected chi connectivity index (χ4v) is 2.07. The zero-order chi connectivity index (χ0) is 9.10. The Hall–Kier alpha value is -0.490. The van der Waals surface area contributed by atoms with Crippen molar-refractivity contribution < 1.29 is 0 Å². The van der Waals surface area contributed by atoms with Crippen LogP contribution in [0.15, 0.2) is 24.3 Å². The first-order valence-electron chi connectivity index (χ1n) is 5.09. The van der Waals surface area contributed by atoms with Crippen molar-refractivity contribution in [3.63, 3.8) is 0 Å². The topological polar surface area (TPSA) is 0 Å². The average molecular weight is 195 g/mol. The Morgan fingerprint density at radius 2 is 2.00 bits per heavy atom. The molecule has 70 valence electrons. The van der Waals surface area contributed by atoms with Crippen molar-refractivity contribution in [3.8, 4) is 0 Å². The van der Waals surface area contributed by atoms with Crippen LogP contribution in [0.4, 0.5) is 0 Å². The Labute approximate surface area is 84.9 Å². The van der Waals surface area contributed by atoms with E-state index in [1.54, 1.807) is 0 Å². The lowest BCUT2D eigenvalue weighted by atomic mass is 9.81. The molecule has 0 spiro atoms. The standard InChI is InChI=1S/C12H15Cl/c13-12-7-2-1-6-11(12)9-8-10-4-3-5-10/h1-2,6-7,10H,3-5,8-9H2. The molecule has 0 unspecified atom stereocenters. The SMILES string of the molecule is Clc1ccccc1CCC1CCC1. The van der Waals surface area contributed by atoms with Crippen molar-refractivity contribution in [3.05, 3.63) is 34.9 Å². The lowest BCUT2D eigenvalue weighted by Crippen LogP contribution is -2.11. The van der Waals surface area contributed by atoms with Gasteiger partial charge in [0.15, 0.2) is 0 Å². The van der Waals surface area contributed by atoms with E-state index in [2.05, 4.69) is 12.1 Å². The molecule has 2 rings (SSSR count). The maximum Gasteiger partial charge on any atom is 0.0437 e. The highest BCUT2D eigenvalue weighted by Gasteiger charge is 2.16. The van der Waals surface area contributed by atoms with Crippen LogP contribution in [0.1, 0.15) is 31.2 Å². The summed E-state index contributed by atoms with van der Waals surface area (Å²) in [5.41, 5.74) is 1.32. The molecule has 13 heavy (non-hydrogen) atoms. The maximum atomic E-state index is 6.07. The smallest absolute Gasteiger partial charge is 0.0437 e. The first-order valence-corrected chi connectivity index (χ1v) is 5.47. The van der Waals surface area contributed by atoms with Crippen LogP contribution in [0, 0.1) is 5.92 Å². The molecule has 0 amide bonds. The Morgan fingerprint density at radius 1 is 1.23 bits per heavy atom. The van der Waals surface area contributed by atoms with Crippen LogP contribution in [0.2, 0.25) is 5.02 Å². The largest absolute Gasteiger partial charge is 0.0840 e. The summed E-state index contributed by atoms with van der Waals surface area (Å²) in [6.07, 6.45) is 6.79. The molecular weight excluding hydrogens is 180 g/mol. The van der Waals surface area contributed by atoms with Gasteiger partial charge in [0.25, 0.3) is 0 Å². The molecule has 0 aromatic heterocycles. The maximum absolute atomic E-state index is 6.07. The zero-order valence-corrected chi connectivity index (χ0v) is 8.56. The van der Waals surface area contributed by atoms with Gasteiger partial charge in [-0.25, -0.2) is 0 Å². The Balaban J connectivity index is 1.89. The third-order valence-corrected chi connectivity index (χ3v) is 3.37. The summed E-state index contributed by atoms with van der Waals surface area (Å²) >= 11 is 6.07. The van der Waals surface area contributed by atoms with Gasteiger partial charge in [-0.2, -0.15) is 0 Å². The van der Waals surface area contributed by atoms with Gasteiger partial charge in [-0.3, -0.25) is 0 Å². The van der Waals surface area contributed by atoms with Gasteiger partial charge in [0.05, 0.1) is 0 Å². The van der Waals surface area contributed by atoms with Gasteiger partial charge in [-0.1, -0.05) is 49.1 Å². The fraction of sp³-hybridized carbons (Fsp3) is 0.500. The van der Waals surface area contributed by atoms with E-state index in [0.29, 0.717) is 0 Å². The summed E-state index contributed by atoms with van der Waals surface area (Å²) in [5, 5.41) is 0.932. The highest BCUT2D eigenvalue weighted by molar-refractivity contribution is 6.31. The monoisotopic (exact) mass is 194 g/mol.